The fourth-order valence-electron chi connectivity index (χ4n) is 2.02. The third-order valence-electron chi connectivity index (χ3n) is 3.15. The Bertz CT molecular complexity index is 611. The van der Waals surface area contributed by atoms with Gasteiger partial charge in [0.1, 0.15) is 11.6 Å². The van der Waals surface area contributed by atoms with E-state index in [1.165, 1.54) is 12.1 Å². The summed E-state index contributed by atoms with van der Waals surface area (Å²) in [6, 6.07) is 13.4. The molecule has 0 unspecified atom stereocenters. The molecule has 2 aromatic rings. The van der Waals surface area contributed by atoms with E-state index in [1.807, 2.05) is 19.1 Å². The zero-order valence-corrected chi connectivity index (χ0v) is 12.6. The van der Waals surface area contributed by atoms with Crippen molar-refractivity contribution in [1.82, 2.24) is 0 Å². The van der Waals surface area contributed by atoms with E-state index in [-0.39, 0.29) is 11.6 Å². The Hall–Kier alpha value is -2.36. The molecule has 2 aromatic carbocycles. The summed E-state index contributed by atoms with van der Waals surface area (Å²) in [6.45, 7) is 3.19. The first-order valence-electron chi connectivity index (χ1n) is 7.44. The molecule has 0 spiro atoms. The Morgan fingerprint density at radius 2 is 1.95 bits per heavy atom. The molecule has 22 heavy (non-hydrogen) atoms. The second-order valence-electron chi connectivity index (χ2n) is 4.98. The third-order valence-corrected chi connectivity index (χ3v) is 3.15. The second kappa shape index (κ2) is 8.17. The van der Waals surface area contributed by atoms with Crippen molar-refractivity contribution in [3.05, 3.63) is 59.9 Å². The van der Waals surface area contributed by atoms with Crippen LogP contribution in [-0.2, 0) is 0 Å². The highest BCUT2D eigenvalue weighted by atomic mass is 19.1. The van der Waals surface area contributed by atoms with Gasteiger partial charge >= 0.3 is 0 Å². The second-order valence-corrected chi connectivity index (χ2v) is 4.98. The number of ketones is 1. The van der Waals surface area contributed by atoms with Gasteiger partial charge in [-0.3, -0.25) is 4.79 Å². The molecule has 0 fully saturated rings. The van der Waals surface area contributed by atoms with E-state index < -0.39 is 0 Å². The summed E-state index contributed by atoms with van der Waals surface area (Å²) < 4.78 is 18.5. The maximum atomic E-state index is 13.0. The Morgan fingerprint density at radius 3 is 2.64 bits per heavy atom. The molecule has 0 bridgehead atoms. The Kier molecular flexibility index (Phi) is 5.95. The molecule has 0 aliphatic heterocycles. The zero-order chi connectivity index (χ0) is 15.8. The minimum Gasteiger partial charge on any atom is -0.494 e. The van der Waals surface area contributed by atoms with E-state index >= 15 is 0 Å². The minimum absolute atomic E-state index is 0.0472. The van der Waals surface area contributed by atoms with Gasteiger partial charge in [0.15, 0.2) is 5.78 Å². The number of Topliss-reactive ketones (excluding diaryl/α,β-unsaturated/α-hetero) is 1. The van der Waals surface area contributed by atoms with Crippen LogP contribution >= 0.6 is 0 Å². The molecule has 0 atom stereocenters. The normalized spacial score (nSPS) is 10.3. The molecule has 0 aromatic heterocycles. The molecule has 3 nitrogen and oxygen atoms in total. The fraction of sp³-hybridized carbons (Fsp3) is 0.278. The standard InChI is InChI=1S/C18H20FNO2/c1-2-12-22-17-8-6-14(7-9-17)18(21)10-11-20-16-5-3-4-15(19)13-16/h3-9,13,20H,2,10-12H2,1H3. The first kappa shape index (κ1) is 16.0. The van der Waals surface area contributed by atoms with Gasteiger partial charge in [-0.2, -0.15) is 0 Å². The van der Waals surface area contributed by atoms with Gasteiger partial charge in [0.05, 0.1) is 6.61 Å². The number of anilines is 1. The van der Waals surface area contributed by atoms with Gasteiger partial charge in [-0.1, -0.05) is 13.0 Å². The van der Waals surface area contributed by atoms with Crippen molar-refractivity contribution in [3.8, 4) is 5.75 Å². The lowest BCUT2D eigenvalue weighted by Crippen LogP contribution is -2.09. The predicted molar refractivity (Wildman–Crippen MR) is 86.1 cm³/mol. The van der Waals surface area contributed by atoms with Crippen LogP contribution in [0, 0.1) is 5.82 Å². The average molecular weight is 301 g/mol. The number of nitrogens with one attached hydrogen (secondary N) is 1. The molecule has 116 valence electrons. The van der Waals surface area contributed by atoms with Gasteiger partial charge in [0.2, 0.25) is 0 Å². The van der Waals surface area contributed by atoms with Crippen LogP contribution in [0.25, 0.3) is 0 Å². The van der Waals surface area contributed by atoms with Gasteiger partial charge in [-0.15, -0.1) is 0 Å². The number of ether oxygens (including phenoxy) is 1. The third kappa shape index (κ3) is 4.88. The highest BCUT2D eigenvalue weighted by Gasteiger charge is 2.06. The van der Waals surface area contributed by atoms with Gasteiger partial charge < -0.3 is 10.1 Å². The van der Waals surface area contributed by atoms with Crippen LogP contribution in [0.5, 0.6) is 5.75 Å². The summed E-state index contributed by atoms with van der Waals surface area (Å²) in [5, 5.41) is 3.04. The summed E-state index contributed by atoms with van der Waals surface area (Å²) in [7, 11) is 0. The first-order valence-corrected chi connectivity index (χ1v) is 7.44. The Labute approximate surface area is 130 Å². The molecule has 0 saturated heterocycles. The van der Waals surface area contributed by atoms with Crippen molar-refractivity contribution >= 4 is 11.5 Å². The lowest BCUT2D eigenvalue weighted by atomic mass is 10.1. The molecular formula is C18H20FNO2. The van der Waals surface area contributed by atoms with Crippen LogP contribution in [0.15, 0.2) is 48.5 Å². The van der Waals surface area contributed by atoms with Crippen LogP contribution < -0.4 is 10.1 Å². The zero-order valence-electron chi connectivity index (χ0n) is 12.6. The molecule has 0 amide bonds. The van der Waals surface area contributed by atoms with E-state index in [4.69, 9.17) is 4.74 Å². The van der Waals surface area contributed by atoms with Crippen molar-refractivity contribution in [1.29, 1.82) is 0 Å². The van der Waals surface area contributed by atoms with Crippen LogP contribution in [0.4, 0.5) is 10.1 Å². The highest BCUT2D eigenvalue weighted by molar-refractivity contribution is 5.96. The molecule has 0 radical (unpaired) electrons. The van der Waals surface area contributed by atoms with Gasteiger partial charge in [0, 0.05) is 24.2 Å². The predicted octanol–water partition coefficient (Wildman–Crippen LogP) is 4.30. The molecule has 1 N–H and O–H groups in total. The Balaban J connectivity index is 1.81. The summed E-state index contributed by atoms with van der Waals surface area (Å²) in [6.07, 6.45) is 1.30. The maximum Gasteiger partial charge on any atom is 0.164 e. The van der Waals surface area contributed by atoms with Crippen molar-refractivity contribution in [2.24, 2.45) is 0 Å². The molecular weight excluding hydrogens is 281 g/mol. The summed E-state index contributed by atoms with van der Waals surface area (Å²) in [4.78, 5) is 12.1. The highest BCUT2D eigenvalue weighted by Crippen LogP contribution is 2.14. The average Bonchev–Trinajstić information content (AvgIpc) is 2.53. The number of hydrogen-bond donors (Lipinski definition) is 1. The SMILES string of the molecule is CCCOc1ccc(C(=O)CCNc2cccc(F)c2)cc1. The number of halogens is 1. The first-order chi connectivity index (χ1) is 10.7. The molecule has 2 rings (SSSR count). The summed E-state index contributed by atoms with van der Waals surface area (Å²) in [5.41, 5.74) is 1.33. The van der Waals surface area contributed by atoms with E-state index in [1.54, 1.807) is 24.3 Å². The largest absolute Gasteiger partial charge is 0.494 e. The molecule has 0 heterocycles. The van der Waals surface area contributed by atoms with Crippen molar-refractivity contribution < 1.29 is 13.9 Å². The molecule has 0 saturated carbocycles. The van der Waals surface area contributed by atoms with E-state index in [0.717, 1.165) is 12.2 Å². The number of hydrogen-bond acceptors (Lipinski definition) is 3. The lowest BCUT2D eigenvalue weighted by Gasteiger charge is -2.07. The number of carbonyl (C=O) groups excluding carboxylic acids is 1. The van der Waals surface area contributed by atoms with Crippen molar-refractivity contribution in [2.45, 2.75) is 19.8 Å². The number of benzene rings is 2. The van der Waals surface area contributed by atoms with E-state index in [2.05, 4.69) is 5.32 Å². The minimum atomic E-state index is -0.293. The van der Waals surface area contributed by atoms with Gasteiger partial charge in [-0.05, 0) is 48.9 Å². The van der Waals surface area contributed by atoms with Crippen LogP contribution in [0.1, 0.15) is 30.1 Å². The quantitative estimate of drug-likeness (QED) is 0.739. The monoisotopic (exact) mass is 301 g/mol. The maximum absolute atomic E-state index is 13.0. The van der Waals surface area contributed by atoms with E-state index in [0.29, 0.717) is 30.8 Å². The van der Waals surface area contributed by atoms with Gasteiger partial charge in [-0.25, -0.2) is 4.39 Å². The lowest BCUT2D eigenvalue weighted by molar-refractivity contribution is 0.0986. The number of carbonyl (C=O) groups is 1. The topological polar surface area (TPSA) is 38.3 Å². The molecule has 0 aliphatic rings. The Morgan fingerprint density at radius 1 is 1.18 bits per heavy atom. The summed E-state index contributed by atoms with van der Waals surface area (Å²) in [5.74, 6) is 0.529. The van der Waals surface area contributed by atoms with Gasteiger partial charge in [0.25, 0.3) is 0 Å². The number of rotatable bonds is 8. The smallest absolute Gasteiger partial charge is 0.164 e. The van der Waals surface area contributed by atoms with Crippen molar-refractivity contribution in [2.75, 3.05) is 18.5 Å². The van der Waals surface area contributed by atoms with Crippen LogP contribution in [0.2, 0.25) is 0 Å². The van der Waals surface area contributed by atoms with Crippen molar-refractivity contribution in [3.63, 3.8) is 0 Å². The molecule has 4 heteroatoms. The molecule has 0 aliphatic carbocycles. The van der Waals surface area contributed by atoms with Crippen LogP contribution in [0.3, 0.4) is 0 Å². The van der Waals surface area contributed by atoms with E-state index in [9.17, 15) is 9.18 Å². The summed E-state index contributed by atoms with van der Waals surface area (Å²) >= 11 is 0. The van der Waals surface area contributed by atoms with Crippen LogP contribution in [-0.4, -0.2) is 18.9 Å². The fourth-order valence-corrected chi connectivity index (χ4v) is 2.02.